The summed E-state index contributed by atoms with van der Waals surface area (Å²) in [5.41, 5.74) is -0.404. The highest BCUT2D eigenvalue weighted by Gasteiger charge is 2.39. The highest BCUT2D eigenvalue weighted by atomic mass is 32.2. The summed E-state index contributed by atoms with van der Waals surface area (Å²) in [4.78, 5) is 26.5. The normalized spacial score (nSPS) is 18.7. The summed E-state index contributed by atoms with van der Waals surface area (Å²) in [5, 5.41) is 2.77. The van der Waals surface area contributed by atoms with Gasteiger partial charge in [0.1, 0.15) is 0 Å². The maximum Gasteiger partial charge on any atom is 0.241 e. The standard InChI is InChI=1S/C19H29N3O4S/c1-18(2,3)21-27(25,26)15-9-7-14(8-10-15)20-17(24)13-11-16(23)22(12-13)19(4,5)6/h7-10,13,21H,11-12H2,1-6H3,(H,20,24). The van der Waals surface area contributed by atoms with Crippen molar-refractivity contribution < 1.29 is 18.0 Å². The second kappa shape index (κ2) is 7.24. The second-order valence-corrected chi connectivity index (χ2v) is 10.6. The Hall–Kier alpha value is -1.93. The van der Waals surface area contributed by atoms with Gasteiger partial charge in [0.2, 0.25) is 21.8 Å². The van der Waals surface area contributed by atoms with Gasteiger partial charge in [-0.3, -0.25) is 9.59 Å². The Kier molecular flexibility index (Phi) is 5.73. The van der Waals surface area contributed by atoms with E-state index in [4.69, 9.17) is 0 Å². The van der Waals surface area contributed by atoms with Crippen LogP contribution in [0.2, 0.25) is 0 Å². The summed E-state index contributed by atoms with van der Waals surface area (Å²) >= 11 is 0. The lowest BCUT2D eigenvalue weighted by Crippen LogP contribution is -2.42. The Bertz CT molecular complexity index is 818. The molecule has 1 aromatic carbocycles. The first kappa shape index (κ1) is 21.4. The average Bonchev–Trinajstić information content (AvgIpc) is 2.87. The van der Waals surface area contributed by atoms with Gasteiger partial charge in [0, 0.05) is 29.7 Å². The number of anilines is 1. The molecule has 1 fully saturated rings. The van der Waals surface area contributed by atoms with Crippen molar-refractivity contribution in [3.63, 3.8) is 0 Å². The molecule has 1 heterocycles. The monoisotopic (exact) mass is 395 g/mol. The molecule has 1 unspecified atom stereocenters. The van der Waals surface area contributed by atoms with Gasteiger partial charge in [-0.05, 0) is 65.8 Å². The Morgan fingerprint density at radius 1 is 1.07 bits per heavy atom. The van der Waals surface area contributed by atoms with Crippen molar-refractivity contribution in [2.45, 2.75) is 63.9 Å². The molecule has 0 spiro atoms. The molecule has 0 aromatic heterocycles. The van der Waals surface area contributed by atoms with Crippen LogP contribution in [0.3, 0.4) is 0 Å². The topological polar surface area (TPSA) is 95.6 Å². The molecule has 2 N–H and O–H groups in total. The molecule has 1 aliphatic rings. The fraction of sp³-hybridized carbons (Fsp3) is 0.579. The number of likely N-dealkylation sites (tertiary alicyclic amines) is 1. The highest BCUT2D eigenvalue weighted by Crippen LogP contribution is 2.27. The molecule has 27 heavy (non-hydrogen) atoms. The van der Waals surface area contributed by atoms with Gasteiger partial charge in [0.05, 0.1) is 10.8 Å². The van der Waals surface area contributed by atoms with Crippen LogP contribution < -0.4 is 10.0 Å². The minimum Gasteiger partial charge on any atom is -0.337 e. The smallest absolute Gasteiger partial charge is 0.241 e. The first-order chi connectivity index (χ1) is 12.2. The minimum absolute atomic E-state index is 0.0302. The van der Waals surface area contributed by atoms with Crippen LogP contribution in [0.5, 0.6) is 0 Å². The van der Waals surface area contributed by atoms with E-state index in [0.717, 1.165) is 0 Å². The lowest BCUT2D eigenvalue weighted by Gasteiger charge is -2.31. The summed E-state index contributed by atoms with van der Waals surface area (Å²) in [6, 6.07) is 6.00. The van der Waals surface area contributed by atoms with E-state index in [1.165, 1.54) is 12.1 Å². The van der Waals surface area contributed by atoms with Crippen LogP contribution in [-0.4, -0.2) is 42.8 Å². The van der Waals surface area contributed by atoms with E-state index in [-0.39, 0.29) is 28.7 Å². The van der Waals surface area contributed by atoms with Crippen LogP contribution in [0.1, 0.15) is 48.0 Å². The quantitative estimate of drug-likeness (QED) is 0.818. The Balaban J connectivity index is 2.05. The van der Waals surface area contributed by atoms with Gasteiger partial charge in [-0.25, -0.2) is 13.1 Å². The van der Waals surface area contributed by atoms with E-state index in [9.17, 15) is 18.0 Å². The first-order valence-corrected chi connectivity index (χ1v) is 10.4. The number of sulfonamides is 1. The first-order valence-electron chi connectivity index (χ1n) is 8.94. The molecule has 8 heteroatoms. The fourth-order valence-electron chi connectivity index (χ4n) is 2.96. The third kappa shape index (κ3) is 5.52. The van der Waals surface area contributed by atoms with Gasteiger partial charge >= 0.3 is 0 Å². The summed E-state index contributed by atoms with van der Waals surface area (Å²) in [7, 11) is -3.62. The van der Waals surface area contributed by atoms with Gasteiger partial charge < -0.3 is 10.2 Å². The third-order valence-corrected chi connectivity index (χ3v) is 5.95. The van der Waals surface area contributed by atoms with E-state index < -0.39 is 21.5 Å². The zero-order chi connectivity index (χ0) is 20.6. The number of benzene rings is 1. The van der Waals surface area contributed by atoms with Crippen LogP contribution >= 0.6 is 0 Å². The van der Waals surface area contributed by atoms with E-state index in [1.54, 1.807) is 37.8 Å². The zero-order valence-electron chi connectivity index (χ0n) is 16.8. The van der Waals surface area contributed by atoms with E-state index in [0.29, 0.717) is 12.2 Å². The van der Waals surface area contributed by atoms with Crippen molar-refractivity contribution in [1.29, 1.82) is 0 Å². The Labute approximate surface area is 161 Å². The lowest BCUT2D eigenvalue weighted by molar-refractivity contribution is -0.131. The lowest BCUT2D eigenvalue weighted by atomic mass is 10.1. The largest absolute Gasteiger partial charge is 0.337 e. The predicted octanol–water partition coefficient (Wildman–Crippen LogP) is 2.35. The van der Waals surface area contributed by atoms with Gasteiger partial charge in [0.15, 0.2) is 0 Å². The molecule has 0 bridgehead atoms. The molecular formula is C19H29N3O4S. The molecule has 150 valence electrons. The van der Waals surface area contributed by atoms with Crippen LogP contribution in [-0.2, 0) is 19.6 Å². The number of hydrogen-bond donors (Lipinski definition) is 2. The zero-order valence-corrected chi connectivity index (χ0v) is 17.6. The maximum atomic E-state index is 12.5. The van der Waals surface area contributed by atoms with Crippen LogP contribution in [0.15, 0.2) is 29.2 Å². The molecule has 1 atom stereocenters. The van der Waals surface area contributed by atoms with E-state index in [1.807, 2.05) is 20.8 Å². The van der Waals surface area contributed by atoms with Gasteiger partial charge in [-0.1, -0.05) is 0 Å². The summed E-state index contributed by atoms with van der Waals surface area (Å²) in [6.45, 7) is 11.5. The van der Waals surface area contributed by atoms with Crippen LogP contribution in [0.25, 0.3) is 0 Å². The molecule has 0 saturated carbocycles. The SMILES string of the molecule is CC(C)(C)NS(=O)(=O)c1ccc(NC(=O)C2CC(=O)N(C(C)(C)C)C2)cc1. The van der Waals surface area contributed by atoms with Crippen LogP contribution in [0.4, 0.5) is 5.69 Å². The average molecular weight is 396 g/mol. The molecule has 2 rings (SSSR count). The number of amides is 2. The van der Waals surface area contributed by atoms with Gasteiger partial charge in [-0.2, -0.15) is 0 Å². The Morgan fingerprint density at radius 3 is 2.07 bits per heavy atom. The molecule has 1 saturated heterocycles. The maximum absolute atomic E-state index is 12.5. The van der Waals surface area contributed by atoms with Crippen molar-refractivity contribution in [2.24, 2.45) is 5.92 Å². The minimum atomic E-state index is -3.62. The van der Waals surface area contributed by atoms with Crippen molar-refractivity contribution >= 4 is 27.5 Å². The van der Waals surface area contributed by atoms with E-state index in [2.05, 4.69) is 10.0 Å². The third-order valence-electron chi connectivity index (χ3n) is 4.18. The summed E-state index contributed by atoms with van der Waals surface area (Å²) in [6.07, 6.45) is 0.186. The van der Waals surface area contributed by atoms with Crippen molar-refractivity contribution in [2.75, 3.05) is 11.9 Å². The van der Waals surface area contributed by atoms with E-state index >= 15 is 0 Å². The van der Waals surface area contributed by atoms with Gasteiger partial charge in [-0.15, -0.1) is 0 Å². The van der Waals surface area contributed by atoms with Crippen molar-refractivity contribution in [1.82, 2.24) is 9.62 Å². The molecule has 7 nitrogen and oxygen atoms in total. The van der Waals surface area contributed by atoms with Crippen molar-refractivity contribution in [3.05, 3.63) is 24.3 Å². The summed E-state index contributed by atoms with van der Waals surface area (Å²) < 4.78 is 27.2. The highest BCUT2D eigenvalue weighted by molar-refractivity contribution is 7.89. The predicted molar refractivity (Wildman–Crippen MR) is 105 cm³/mol. The number of rotatable bonds is 4. The summed E-state index contributed by atoms with van der Waals surface area (Å²) in [5.74, 6) is -0.682. The number of nitrogens with one attached hydrogen (secondary N) is 2. The molecule has 1 aliphatic heterocycles. The second-order valence-electron chi connectivity index (χ2n) is 8.95. The van der Waals surface area contributed by atoms with Crippen LogP contribution in [0, 0.1) is 5.92 Å². The van der Waals surface area contributed by atoms with Gasteiger partial charge in [0.25, 0.3) is 0 Å². The van der Waals surface area contributed by atoms with Crippen molar-refractivity contribution in [3.8, 4) is 0 Å². The number of carbonyl (C=O) groups is 2. The molecule has 0 radical (unpaired) electrons. The molecule has 1 aromatic rings. The number of carbonyl (C=O) groups excluding carboxylic acids is 2. The number of hydrogen-bond acceptors (Lipinski definition) is 4. The molecular weight excluding hydrogens is 366 g/mol. The fourth-order valence-corrected chi connectivity index (χ4v) is 4.37. The molecule has 2 amide bonds. The number of nitrogens with zero attached hydrogens (tertiary/aromatic N) is 1. The Morgan fingerprint density at radius 2 is 1.63 bits per heavy atom. The molecule has 0 aliphatic carbocycles.